The third-order valence-electron chi connectivity index (χ3n) is 7.88. The van der Waals surface area contributed by atoms with Crippen LogP contribution in [0, 0.1) is 42.7 Å². The number of nitrogens with one attached hydrogen (secondary N) is 1. The Hall–Kier alpha value is -4.45. The van der Waals surface area contributed by atoms with Crippen molar-refractivity contribution in [1.82, 2.24) is 19.8 Å². The van der Waals surface area contributed by atoms with Crippen LogP contribution in [0.5, 0.6) is 5.75 Å². The Morgan fingerprint density at radius 2 is 1.93 bits per heavy atom. The summed E-state index contributed by atoms with van der Waals surface area (Å²) in [6.07, 6.45) is 0.898. The van der Waals surface area contributed by atoms with Gasteiger partial charge in [0.2, 0.25) is 0 Å². The van der Waals surface area contributed by atoms with E-state index in [1.807, 2.05) is 26.0 Å². The van der Waals surface area contributed by atoms with Crippen LogP contribution in [-0.4, -0.2) is 45.5 Å². The summed E-state index contributed by atoms with van der Waals surface area (Å²) >= 11 is 0. The van der Waals surface area contributed by atoms with Gasteiger partial charge in [0.15, 0.2) is 11.6 Å². The second kappa shape index (κ2) is 10.3. The summed E-state index contributed by atoms with van der Waals surface area (Å²) in [5.74, 6) is -0.543. The van der Waals surface area contributed by atoms with Gasteiger partial charge in [-0.3, -0.25) is 0 Å². The summed E-state index contributed by atoms with van der Waals surface area (Å²) in [6, 6.07) is 15.5. The molecule has 1 saturated heterocycles. The van der Waals surface area contributed by atoms with Crippen molar-refractivity contribution in [2.24, 2.45) is 5.92 Å². The topological polar surface area (TPSA) is 85.2 Å². The number of piperidine rings is 1. The number of carbonyl (C=O) groups excluding carboxylic acids is 1. The van der Waals surface area contributed by atoms with Crippen LogP contribution in [0.25, 0.3) is 22.2 Å². The van der Waals surface area contributed by atoms with E-state index in [0.29, 0.717) is 44.6 Å². The fourth-order valence-electron chi connectivity index (χ4n) is 5.89. The predicted octanol–water partition coefficient (Wildman–Crippen LogP) is 6.42. The minimum atomic E-state index is -0.965. The Labute approximate surface area is 231 Å². The quantitative estimate of drug-likeness (QED) is 0.318. The number of aryl methyl sites for hydroxylation is 2. The normalized spacial score (nSPS) is 19.1. The number of nitriles is 1. The van der Waals surface area contributed by atoms with Gasteiger partial charge in [0.25, 0.3) is 0 Å². The summed E-state index contributed by atoms with van der Waals surface area (Å²) in [6.45, 7) is 5.34. The molecule has 1 N–H and O–H groups in total. The van der Waals surface area contributed by atoms with Crippen molar-refractivity contribution >= 4 is 17.1 Å². The molecule has 1 fully saturated rings. The van der Waals surface area contributed by atoms with E-state index in [1.54, 1.807) is 9.80 Å². The van der Waals surface area contributed by atoms with Crippen molar-refractivity contribution in [3.8, 4) is 22.9 Å². The van der Waals surface area contributed by atoms with E-state index in [2.05, 4.69) is 34.2 Å². The molecule has 1 aromatic heterocycles. The number of amides is 2. The molecule has 0 unspecified atom stereocenters. The van der Waals surface area contributed by atoms with Gasteiger partial charge in [-0.05, 0) is 85.3 Å². The molecule has 0 spiro atoms. The van der Waals surface area contributed by atoms with Crippen molar-refractivity contribution in [3.63, 3.8) is 0 Å². The van der Waals surface area contributed by atoms with Crippen LogP contribution in [-0.2, 0) is 6.54 Å². The third-order valence-corrected chi connectivity index (χ3v) is 7.88. The lowest BCUT2D eigenvalue weighted by molar-refractivity contribution is 0.102. The van der Waals surface area contributed by atoms with Crippen LogP contribution in [0.15, 0.2) is 48.5 Å². The minimum Gasteiger partial charge on any atom is -0.491 e. The maximum absolute atomic E-state index is 14.1. The lowest BCUT2D eigenvalue weighted by Gasteiger charge is -2.40. The number of H-pyrrole nitrogens is 1. The maximum atomic E-state index is 14.1. The predicted molar refractivity (Wildman–Crippen MR) is 146 cm³/mol. The first-order valence-corrected chi connectivity index (χ1v) is 13.4. The minimum absolute atomic E-state index is 0.208. The van der Waals surface area contributed by atoms with E-state index in [0.717, 1.165) is 57.0 Å². The molecule has 2 aliphatic heterocycles. The van der Waals surface area contributed by atoms with Crippen molar-refractivity contribution in [2.75, 3.05) is 19.7 Å². The van der Waals surface area contributed by atoms with Gasteiger partial charge >= 0.3 is 6.03 Å². The smallest absolute Gasteiger partial charge is 0.320 e. The van der Waals surface area contributed by atoms with Crippen LogP contribution in [0.4, 0.5) is 13.6 Å². The zero-order chi connectivity index (χ0) is 28.0. The van der Waals surface area contributed by atoms with Gasteiger partial charge in [-0.1, -0.05) is 12.1 Å². The van der Waals surface area contributed by atoms with Crippen molar-refractivity contribution in [2.45, 2.75) is 39.3 Å². The zero-order valence-electron chi connectivity index (χ0n) is 22.4. The highest BCUT2D eigenvalue weighted by molar-refractivity contribution is 5.83. The molecule has 204 valence electrons. The molecular weight excluding hydrogens is 512 g/mol. The maximum Gasteiger partial charge on any atom is 0.320 e. The first kappa shape index (κ1) is 25.8. The number of fused-ring (bicyclic) bond motifs is 2. The number of hydrogen-bond acceptors (Lipinski definition) is 4. The number of aromatic amines is 1. The molecule has 40 heavy (non-hydrogen) atoms. The number of urea groups is 1. The van der Waals surface area contributed by atoms with Gasteiger partial charge in [-0.2, -0.15) is 5.26 Å². The monoisotopic (exact) mass is 541 g/mol. The SMILES string of the molecule is Cc1nc2ccc(-c3cc(C)c4c(c3)CN(C(=O)N3CC[C@@H](C#N)C[C@@H]3c3ccc(F)c(F)c3)CCO4)cc2[nH]1. The molecule has 6 rings (SSSR count). The molecule has 2 aliphatic rings. The number of imidazole rings is 1. The second-order valence-electron chi connectivity index (χ2n) is 10.6. The molecule has 0 saturated carbocycles. The molecule has 7 nitrogen and oxygen atoms in total. The van der Waals surface area contributed by atoms with Crippen LogP contribution in [0.1, 0.15) is 41.4 Å². The molecule has 0 bridgehead atoms. The van der Waals surface area contributed by atoms with Gasteiger partial charge in [0.1, 0.15) is 18.2 Å². The highest BCUT2D eigenvalue weighted by atomic mass is 19.2. The first-order valence-electron chi connectivity index (χ1n) is 13.4. The van der Waals surface area contributed by atoms with Crippen LogP contribution < -0.4 is 4.74 Å². The number of ether oxygens (including phenoxy) is 1. The van der Waals surface area contributed by atoms with E-state index >= 15 is 0 Å². The molecule has 0 aliphatic carbocycles. The number of nitrogens with zero attached hydrogens (tertiary/aromatic N) is 4. The summed E-state index contributed by atoms with van der Waals surface area (Å²) in [5.41, 5.74) is 6.28. The molecule has 4 aromatic rings. The highest BCUT2D eigenvalue weighted by Crippen LogP contribution is 2.37. The zero-order valence-corrected chi connectivity index (χ0v) is 22.4. The molecule has 9 heteroatoms. The van der Waals surface area contributed by atoms with E-state index in [-0.39, 0.29) is 11.9 Å². The Morgan fingerprint density at radius 3 is 2.73 bits per heavy atom. The number of hydrogen-bond donors (Lipinski definition) is 1. The lowest BCUT2D eigenvalue weighted by atomic mass is 9.88. The Kier molecular flexibility index (Phi) is 6.62. The van der Waals surface area contributed by atoms with E-state index in [9.17, 15) is 18.8 Å². The van der Waals surface area contributed by atoms with E-state index < -0.39 is 17.7 Å². The Balaban J connectivity index is 1.31. The summed E-state index contributed by atoms with van der Waals surface area (Å²) < 4.78 is 33.9. The van der Waals surface area contributed by atoms with Crippen LogP contribution >= 0.6 is 0 Å². The molecule has 3 aromatic carbocycles. The second-order valence-corrected chi connectivity index (χ2v) is 10.6. The average Bonchev–Trinajstić information content (AvgIpc) is 3.18. The molecular formula is C31H29F2N5O2. The first-order chi connectivity index (χ1) is 19.3. The van der Waals surface area contributed by atoms with Crippen molar-refractivity contribution in [1.29, 1.82) is 5.26 Å². The fraction of sp³-hybridized carbons (Fsp3) is 0.323. The number of carbonyl (C=O) groups is 1. The van der Waals surface area contributed by atoms with Crippen molar-refractivity contribution < 1.29 is 18.3 Å². The highest BCUT2D eigenvalue weighted by Gasteiger charge is 2.36. The van der Waals surface area contributed by atoms with Gasteiger partial charge in [-0.25, -0.2) is 18.6 Å². The molecule has 2 atom stereocenters. The van der Waals surface area contributed by atoms with E-state index in [1.165, 1.54) is 6.07 Å². The van der Waals surface area contributed by atoms with Gasteiger partial charge in [-0.15, -0.1) is 0 Å². The van der Waals surface area contributed by atoms with E-state index in [4.69, 9.17) is 4.74 Å². The van der Waals surface area contributed by atoms with Crippen LogP contribution in [0.3, 0.4) is 0 Å². The lowest BCUT2D eigenvalue weighted by Crippen LogP contribution is -2.48. The number of likely N-dealkylation sites (tertiary alicyclic amines) is 1. The van der Waals surface area contributed by atoms with Gasteiger partial charge in [0, 0.05) is 12.1 Å². The Bertz CT molecular complexity index is 1660. The van der Waals surface area contributed by atoms with Crippen molar-refractivity contribution in [3.05, 3.63) is 82.7 Å². The van der Waals surface area contributed by atoms with Gasteiger partial charge in [0.05, 0.1) is 42.2 Å². The fourth-order valence-corrected chi connectivity index (χ4v) is 5.89. The molecule has 3 heterocycles. The average molecular weight is 542 g/mol. The third kappa shape index (κ3) is 4.75. The molecule has 2 amide bonds. The Morgan fingerprint density at radius 1 is 1.07 bits per heavy atom. The standard InChI is InChI=1S/C31H29F2N5O2/c1-18-11-23(21-4-6-27-28(15-21)36-19(2)35-27)13-24-17-37(9-10-40-30(18)24)31(39)38-8-7-20(16-34)12-29(38)22-3-5-25(32)26(33)14-22/h3-6,11,13-15,20,29H,7-10,12,17H2,1-2H3,(H,35,36)/t20-,29-/m1/s1. The number of benzene rings is 3. The number of halogens is 2. The van der Waals surface area contributed by atoms with Crippen LogP contribution in [0.2, 0.25) is 0 Å². The number of aromatic nitrogens is 2. The largest absolute Gasteiger partial charge is 0.491 e. The summed E-state index contributed by atoms with van der Waals surface area (Å²) in [5, 5.41) is 9.56. The number of rotatable bonds is 2. The molecule has 0 radical (unpaired) electrons. The summed E-state index contributed by atoms with van der Waals surface area (Å²) in [4.78, 5) is 25.2. The van der Waals surface area contributed by atoms with Gasteiger partial charge < -0.3 is 19.5 Å². The summed E-state index contributed by atoms with van der Waals surface area (Å²) in [7, 11) is 0.